The second kappa shape index (κ2) is 10.3. The summed E-state index contributed by atoms with van der Waals surface area (Å²) in [5.74, 6) is -1.61. The molecule has 0 radical (unpaired) electrons. The maximum atomic E-state index is 12.9. The van der Waals surface area contributed by atoms with Crippen molar-refractivity contribution < 1.29 is 23.1 Å². The van der Waals surface area contributed by atoms with Crippen molar-refractivity contribution in [3.63, 3.8) is 0 Å². The molecule has 10 heteroatoms. The van der Waals surface area contributed by atoms with Crippen LogP contribution < -0.4 is 10.2 Å². The first-order valence-corrected chi connectivity index (χ1v) is 10.9. The molecule has 1 atom stereocenters. The summed E-state index contributed by atoms with van der Waals surface area (Å²) in [6.45, 7) is 11.7. The molecule has 0 fully saturated rings. The predicted molar refractivity (Wildman–Crippen MR) is 117 cm³/mol. The van der Waals surface area contributed by atoms with Gasteiger partial charge in [-0.2, -0.15) is 22.5 Å². The Hall–Kier alpha value is -2.36. The van der Waals surface area contributed by atoms with Gasteiger partial charge >= 0.3 is 12.1 Å². The fraction of sp³-hybridized carbons (Fsp3) is 0.571. The Morgan fingerprint density at radius 3 is 2.26 bits per heavy atom. The van der Waals surface area contributed by atoms with Gasteiger partial charge in [-0.05, 0) is 35.4 Å². The molecule has 0 spiro atoms. The number of aromatic nitrogens is 2. The van der Waals surface area contributed by atoms with Crippen LogP contribution in [0.3, 0.4) is 0 Å². The average molecular weight is 459 g/mol. The summed E-state index contributed by atoms with van der Waals surface area (Å²) < 4.78 is 42.2. The van der Waals surface area contributed by atoms with Gasteiger partial charge in [0.15, 0.2) is 0 Å². The lowest BCUT2D eigenvalue weighted by Gasteiger charge is -2.31. The molecule has 0 aliphatic heterocycles. The number of carboxylic acid groups (broad SMARTS) is 1. The van der Waals surface area contributed by atoms with Crippen LogP contribution in [0.25, 0.3) is 0 Å². The topological polar surface area (TPSA) is 78.4 Å². The van der Waals surface area contributed by atoms with Crippen molar-refractivity contribution >= 4 is 34.0 Å². The second-order valence-corrected chi connectivity index (χ2v) is 9.27. The van der Waals surface area contributed by atoms with E-state index < -0.39 is 18.0 Å². The minimum absolute atomic E-state index is 0.0330. The maximum Gasteiger partial charge on any atom is 0.452 e. The molecule has 172 valence electrons. The molecule has 2 N–H and O–H groups in total. The van der Waals surface area contributed by atoms with Crippen LogP contribution in [0, 0.1) is 11.8 Å². The number of carboxylic acids is 1. The van der Waals surface area contributed by atoms with Gasteiger partial charge in [-0.15, -0.1) is 0 Å². The minimum Gasteiger partial charge on any atom is -0.481 e. The average Bonchev–Trinajstić information content (AvgIpc) is 3.08. The standard InChI is InChI=1S/C21H29F3N4O2S/c1-12(2)10-28(11-13(3)4)17-7-6-15(14(5)8-18(29)30)9-16(17)25-20-26-19(27-31-20)21(22,23)24/h6-7,9,12-14H,8,10-11H2,1-5H3,(H,29,30)(H,25,26,27)/t14-/m0/s1. The molecule has 1 aromatic heterocycles. The number of halogens is 3. The third kappa shape index (κ3) is 7.37. The quantitative estimate of drug-likeness (QED) is 0.455. The SMILES string of the molecule is CC(C)CN(CC(C)C)c1ccc([C@@H](C)CC(=O)O)cc1Nc1nc(C(F)(F)F)ns1. The van der Waals surface area contributed by atoms with E-state index in [0.29, 0.717) is 29.1 Å². The van der Waals surface area contributed by atoms with Crippen LogP contribution >= 0.6 is 11.5 Å². The predicted octanol–water partition coefficient (Wildman–Crippen LogP) is 6.00. The Balaban J connectivity index is 2.47. The number of anilines is 3. The van der Waals surface area contributed by atoms with Gasteiger partial charge < -0.3 is 15.3 Å². The van der Waals surface area contributed by atoms with Crippen molar-refractivity contribution in [1.82, 2.24) is 9.36 Å². The highest BCUT2D eigenvalue weighted by atomic mass is 32.1. The van der Waals surface area contributed by atoms with Gasteiger partial charge in [0.25, 0.3) is 0 Å². The van der Waals surface area contributed by atoms with E-state index in [1.54, 1.807) is 13.0 Å². The van der Waals surface area contributed by atoms with E-state index in [0.717, 1.165) is 24.3 Å². The van der Waals surface area contributed by atoms with Crippen LogP contribution in [0.15, 0.2) is 18.2 Å². The molecule has 0 aliphatic carbocycles. The maximum absolute atomic E-state index is 12.9. The lowest BCUT2D eigenvalue weighted by Crippen LogP contribution is -2.31. The molecule has 2 rings (SSSR count). The summed E-state index contributed by atoms with van der Waals surface area (Å²) in [4.78, 5) is 16.9. The first kappa shape index (κ1) is 24.9. The summed E-state index contributed by atoms with van der Waals surface area (Å²) in [5, 5.41) is 12.2. The normalized spacial score (nSPS) is 13.0. The fourth-order valence-electron chi connectivity index (χ4n) is 3.27. The minimum atomic E-state index is -4.61. The Morgan fingerprint density at radius 2 is 1.77 bits per heavy atom. The summed E-state index contributed by atoms with van der Waals surface area (Å²) in [5.41, 5.74) is 2.20. The van der Waals surface area contributed by atoms with Gasteiger partial charge in [0.05, 0.1) is 17.8 Å². The molecule has 31 heavy (non-hydrogen) atoms. The molecule has 6 nitrogen and oxygen atoms in total. The van der Waals surface area contributed by atoms with E-state index in [4.69, 9.17) is 5.11 Å². The number of benzene rings is 1. The van der Waals surface area contributed by atoms with Crippen molar-refractivity contribution in [3.05, 3.63) is 29.6 Å². The monoisotopic (exact) mass is 458 g/mol. The Bertz CT molecular complexity index is 874. The van der Waals surface area contributed by atoms with E-state index >= 15 is 0 Å². The van der Waals surface area contributed by atoms with Gasteiger partial charge in [-0.3, -0.25) is 4.79 Å². The second-order valence-electron chi connectivity index (χ2n) is 8.51. The number of rotatable bonds is 10. The molecular weight excluding hydrogens is 429 g/mol. The van der Waals surface area contributed by atoms with Gasteiger partial charge in [-0.1, -0.05) is 40.7 Å². The number of carbonyl (C=O) groups is 1. The highest BCUT2D eigenvalue weighted by Crippen LogP contribution is 2.36. The number of alkyl halides is 3. The van der Waals surface area contributed by atoms with Crippen molar-refractivity contribution in [3.8, 4) is 0 Å². The lowest BCUT2D eigenvalue weighted by molar-refractivity contribution is -0.144. The zero-order chi connectivity index (χ0) is 23.3. The first-order chi connectivity index (χ1) is 14.4. The zero-order valence-electron chi connectivity index (χ0n) is 18.3. The third-order valence-corrected chi connectivity index (χ3v) is 5.13. The summed E-state index contributed by atoms with van der Waals surface area (Å²) in [6, 6.07) is 5.57. The van der Waals surface area contributed by atoms with Crippen LogP contribution in [0.1, 0.15) is 58.3 Å². The Morgan fingerprint density at radius 1 is 1.16 bits per heavy atom. The van der Waals surface area contributed by atoms with E-state index in [1.165, 1.54) is 0 Å². The van der Waals surface area contributed by atoms with E-state index in [2.05, 4.69) is 47.3 Å². The van der Waals surface area contributed by atoms with Crippen molar-refractivity contribution in [2.75, 3.05) is 23.3 Å². The van der Waals surface area contributed by atoms with Crippen LogP contribution in [-0.4, -0.2) is 33.5 Å². The molecule has 0 amide bonds. The highest BCUT2D eigenvalue weighted by Gasteiger charge is 2.36. The van der Waals surface area contributed by atoms with Crippen LogP contribution in [-0.2, 0) is 11.0 Å². The first-order valence-electron chi connectivity index (χ1n) is 10.2. The Kier molecular flexibility index (Phi) is 8.27. The van der Waals surface area contributed by atoms with Gasteiger partial charge in [0.1, 0.15) is 0 Å². The smallest absolute Gasteiger partial charge is 0.452 e. The zero-order valence-corrected chi connectivity index (χ0v) is 19.1. The van der Waals surface area contributed by atoms with Crippen molar-refractivity contribution in [1.29, 1.82) is 0 Å². The van der Waals surface area contributed by atoms with Crippen LogP contribution in [0.5, 0.6) is 0 Å². The lowest BCUT2D eigenvalue weighted by atomic mass is 9.96. The summed E-state index contributed by atoms with van der Waals surface area (Å²) in [6.07, 6.45) is -4.66. The van der Waals surface area contributed by atoms with Crippen LogP contribution in [0.2, 0.25) is 0 Å². The van der Waals surface area contributed by atoms with Crippen molar-refractivity contribution in [2.24, 2.45) is 11.8 Å². The number of nitrogens with zero attached hydrogens (tertiary/aromatic N) is 3. The summed E-state index contributed by atoms with van der Waals surface area (Å²) >= 11 is 0.640. The van der Waals surface area contributed by atoms with Crippen LogP contribution in [0.4, 0.5) is 29.7 Å². The molecule has 0 unspecified atom stereocenters. The summed E-state index contributed by atoms with van der Waals surface area (Å²) in [7, 11) is 0. The fourth-order valence-corrected chi connectivity index (χ4v) is 3.87. The molecule has 0 aliphatic rings. The van der Waals surface area contributed by atoms with Gasteiger partial charge in [0, 0.05) is 24.6 Å². The number of hydrogen-bond acceptors (Lipinski definition) is 6. The molecule has 0 bridgehead atoms. The molecule has 1 heterocycles. The van der Waals surface area contributed by atoms with E-state index in [9.17, 15) is 18.0 Å². The van der Waals surface area contributed by atoms with E-state index in [1.807, 2.05) is 12.1 Å². The molecule has 1 aromatic carbocycles. The van der Waals surface area contributed by atoms with Gasteiger partial charge in [-0.25, -0.2) is 0 Å². The molecule has 0 saturated carbocycles. The molecule has 0 saturated heterocycles. The largest absolute Gasteiger partial charge is 0.481 e. The van der Waals surface area contributed by atoms with Crippen molar-refractivity contribution in [2.45, 2.75) is 53.1 Å². The highest BCUT2D eigenvalue weighted by molar-refractivity contribution is 7.09. The van der Waals surface area contributed by atoms with Gasteiger partial charge in [0.2, 0.25) is 11.0 Å². The Labute approximate surface area is 184 Å². The third-order valence-electron chi connectivity index (χ3n) is 4.50. The number of aliphatic carboxylic acids is 1. The number of nitrogens with one attached hydrogen (secondary N) is 1. The number of hydrogen-bond donors (Lipinski definition) is 2. The molecule has 2 aromatic rings. The molecular formula is C21H29F3N4O2S. The van der Waals surface area contributed by atoms with E-state index in [-0.39, 0.29) is 17.5 Å².